The Kier molecular flexibility index (Phi) is 4.89. The molecule has 0 saturated carbocycles. The summed E-state index contributed by atoms with van der Waals surface area (Å²) in [6.45, 7) is 4.21. The molecular weight excluding hydrogens is 243 g/mol. The lowest BCUT2D eigenvalue weighted by molar-refractivity contribution is 0.0557. The third-order valence-corrected chi connectivity index (χ3v) is 3.76. The summed E-state index contributed by atoms with van der Waals surface area (Å²) in [6.07, 6.45) is 2.10. The maximum absolute atomic E-state index is 13.6. The standard InChI is InChI=1S/C15H19FN2O/c1-11(13-4-6-19-7-5-13)18-10-14-8-12(9-17)2-3-15(14)16/h2-3,8,11,13,18H,4-7,10H2,1H3. The van der Waals surface area contributed by atoms with Gasteiger partial charge in [-0.2, -0.15) is 5.26 Å². The Balaban J connectivity index is 1.92. The van der Waals surface area contributed by atoms with Gasteiger partial charge < -0.3 is 10.1 Å². The van der Waals surface area contributed by atoms with Crippen molar-refractivity contribution >= 4 is 0 Å². The van der Waals surface area contributed by atoms with Crippen LogP contribution in [0.1, 0.15) is 30.9 Å². The van der Waals surface area contributed by atoms with E-state index in [1.807, 2.05) is 6.07 Å². The zero-order valence-corrected chi connectivity index (χ0v) is 11.2. The molecule has 4 heteroatoms. The van der Waals surface area contributed by atoms with Crippen LogP contribution >= 0.6 is 0 Å². The first-order valence-electron chi connectivity index (χ1n) is 6.70. The molecule has 0 aromatic heterocycles. The van der Waals surface area contributed by atoms with E-state index >= 15 is 0 Å². The minimum absolute atomic E-state index is 0.259. The first kappa shape index (κ1) is 14.0. The van der Waals surface area contributed by atoms with Crippen LogP contribution in [0, 0.1) is 23.1 Å². The van der Waals surface area contributed by atoms with Crippen molar-refractivity contribution in [2.24, 2.45) is 5.92 Å². The zero-order valence-electron chi connectivity index (χ0n) is 11.2. The molecule has 1 fully saturated rings. The lowest BCUT2D eigenvalue weighted by Gasteiger charge is -2.28. The van der Waals surface area contributed by atoms with Crippen LogP contribution in [-0.4, -0.2) is 19.3 Å². The van der Waals surface area contributed by atoms with Crippen molar-refractivity contribution in [3.8, 4) is 6.07 Å². The van der Waals surface area contributed by atoms with E-state index in [4.69, 9.17) is 10.00 Å². The van der Waals surface area contributed by atoms with E-state index in [0.29, 0.717) is 29.6 Å². The maximum atomic E-state index is 13.6. The van der Waals surface area contributed by atoms with Crippen LogP contribution in [0.5, 0.6) is 0 Å². The molecule has 19 heavy (non-hydrogen) atoms. The maximum Gasteiger partial charge on any atom is 0.127 e. The number of hydrogen-bond acceptors (Lipinski definition) is 3. The number of halogens is 1. The summed E-state index contributed by atoms with van der Waals surface area (Å²) >= 11 is 0. The Morgan fingerprint density at radius 2 is 2.21 bits per heavy atom. The van der Waals surface area contributed by atoms with Gasteiger partial charge >= 0.3 is 0 Å². The smallest absolute Gasteiger partial charge is 0.127 e. The van der Waals surface area contributed by atoms with Crippen molar-refractivity contribution in [2.75, 3.05) is 13.2 Å². The number of hydrogen-bond donors (Lipinski definition) is 1. The van der Waals surface area contributed by atoms with E-state index in [2.05, 4.69) is 12.2 Å². The largest absolute Gasteiger partial charge is 0.381 e. The molecule has 0 spiro atoms. The minimum Gasteiger partial charge on any atom is -0.381 e. The average Bonchev–Trinajstić information content (AvgIpc) is 2.47. The van der Waals surface area contributed by atoms with E-state index in [0.717, 1.165) is 26.1 Å². The van der Waals surface area contributed by atoms with E-state index in [1.165, 1.54) is 12.1 Å². The molecule has 1 N–H and O–H groups in total. The van der Waals surface area contributed by atoms with Gasteiger partial charge in [-0.3, -0.25) is 0 Å². The normalized spacial score (nSPS) is 17.9. The van der Waals surface area contributed by atoms with Crippen LogP contribution in [0.2, 0.25) is 0 Å². The fourth-order valence-electron chi connectivity index (χ4n) is 2.43. The van der Waals surface area contributed by atoms with Crippen molar-refractivity contribution < 1.29 is 9.13 Å². The summed E-state index contributed by atoms with van der Waals surface area (Å²) in [4.78, 5) is 0. The lowest BCUT2D eigenvalue weighted by Crippen LogP contribution is -2.36. The fourth-order valence-corrected chi connectivity index (χ4v) is 2.43. The number of rotatable bonds is 4. The van der Waals surface area contributed by atoms with Gasteiger partial charge in [0, 0.05) is 31.4 Å². The highest BCUT2D eigenvalue weighted by Crippen LogP contribution is 2.19. The topological polar surface area (TPSA) is 45.0 Å². The third-order valence-electron chi connectivity index (χ3n) is 3.76. The second kappa shape index (κ2) is 6.65. The number of nitriles is 1. The van der Waals surface area contributed by atoms with Crippen molar-refractivity contribution in [1.29, 1.82) is 5.26 Å². The summed E-state index contributed by atoms with van der Waals surface area (Å²) in [5.74, 6) is 0.321. The molecular formula is C15H19FN2O. The van der Waals surface area contributed by atoms with Gasteiger partial charge in [-0.25, -0.2) is 4.39 Å². The van der Waals surface area contributed by atoms with Gasteiger partial charge in [0.2, 0.25) is 0 Å². The molecule has 1 aromatic rings. The van der Waals surface area contributed by atoms with Crippen molar-refractivity contribution in [1.82, 2.24) is 5.32 Å². The summed E-state index contributed by atoms with van der Waals surface area (Å²) in [5, 5.41) is 12.2. The lowest BCUT2D eigenvalue weighted by atomic mass is 9.93. The van der Waals surface area contributed by atoms with E-state index < -0.39 is 0 Å². The molecule has 1 aromatic carbocycles. The van der Waals surface area contributed by atoms with Gasteiger partial charge in [0.25, 0.3) is 0 Å². The molecule has 3 nitrogen and oxygen atoms in total. The van der Waals surface area contributed by atoms with Gasteiger partial charge in [0.15, 0.2) is 0 Å². The Bertz CT molecular complexity index is 464. The Hall–Kier alpha value is -1.44. The molecule has 1 unspecified atom stereocenters. The van der Waals surface area contributed by atoms with E-state index in [-0.39, 0.29) is 5.82 Å². The van der Waals surface area contributed by atoms with E-state index in [1.54, 1.807) is 6.07 Å². The highest BCUT2D eigenvalue weighted by molar-refractivity contribution is 5.33. The van der Waals surface area contributed by atoms with Gasteiger partial charge in [-0.1, -0.05) is 0 Å². The summed E-state index contributed by atoms with van der Waals surface area (Å²) in [5.41, 5.74) is 1.05. The van der Waals surface area contributed by atoms with Crippen molar-refractivity contribution in [2.45, 2.75) is 32.4 Å². The van der Waals surface area contributed by atoms with Gasteiger partial charge in [0.1, 0.15) is 5.82 Å². The van der Waals surface area contributed by atoms with Crippen molar-refractivity contribution in [3.63, 3.8) is 0 Å². The number of benzene rings is 1. The fraction of sp³-hybridized carbons (Fsp3) is 0.533. The van der Waals surface area contributed by atoms with Crippen molar-refractivity contribution in [3.05, 3.63) is 35.1 Å². The molecule has 0 bridgehead atoms. The van der Waals surface area contributed by atoms with Crippen LogP contribution in [-0.2, 0) is 11.3 Å². The molecule has 0 radical (unpaired) electrons. The van der Waals surface area contributed by atoms with Crippen LogP contribution in [0.4, 0.5) is 4.39 Å². The average molecular weight is 262 g/mol. The Morgan fingerprint density at radius 3 is 2.89 bits per heavy atom. The van der Waals surface area contributed by atoms with E-state index in [9.17, 15) is 4.39 Å². The molecule has 1 saturated heterocycles. The molecule has 1 heterocycles. The summed E-state index contributed by atoms with van der Waals surface area (Å²) in [7, 11) is 0. The molecule has 0 amide bonds. The molecule has 1 aliphatic heterocycles. The predicted molar refractivity (Wildman–Crippen MR) is 71.0 cm³/mol. The first-order chi connectivity index (χ1) is 9.20. The van der Waals surface area contributed by atoms with Gasteiger partial charge in [-0.05, 0) is 43.9 Å². The molecule has 1 aliphatic rings. The quantitative estimate of drug-likeness (QED) is 0.907. The third kappa shape index (κ3) is 3.76. The highest BCUT2D eigenvalue weighted by Gasteiger charge is 2.20. The summed E-state index contributed by atoms with van der Waals surface area (Å²) < 4.78 is 19.0. The molecule has 0 aliphatic carbocycles. The summed E-state index contributed by atoms with van der Waals surface area (Å²) in [6, 6.07) is 6.83. The second-order valence-electron chi connectivity index (χ2n) is 5.04. The van der Waals surface area contributed by atoms with Gasteiger partial charge in [0.05, 0.1) is 11.6 Å². The number of nitrogens with zero attached hydrogens (tertiary/aromatic N) is 1. The highest BCUT2D eigenvalue weighted by atomic mass is 19.1. The second-order valence-corrected chi connectivity index (χ2v) is 5.04. The zero-order chi connectivity index (χ0) is 13.7. The SMILES string of the molecule is CC(NCc1cc(C#N)ccc1F)C1CCOCC1. The monoisotopic (exact) mass is 262 g/mol. The molecule has 1 atom stereocenters. The Labute approximate surface area is 113 Å². The first-order valence-corrected chi connectivity index (χ1v) is 6.70. The van der Waals surface area contributed by atoms with Crippen LogP contribution in [0.3, 0.4) is 0 Å². The van der Waals surface area contributed by atoms with Gasteiger partial charge in [-0.15, -0.1) is 0 Å². The number of nitrogens with one attached hydrogen (secondary N) is 1. The van der Waals surface area contributed by atoms with Crippen LogP contribution < -0.4 is 5.32 Å². The number of ether oxygens (including phenoxy) is 1. The minimum atomic E-state index is -0.259. The Morgan fingerprint density at radius 1 is 1.47 bits per heavy atom. The molecule has 2 rings (SSSR count). The predicted octanol–water partition coefficient (Wildman–Crippen LogP) is 2.60. The van der Waals surface area contributed by atoms with Crippen LogP contribution in [0.25, 0.3) is 0 Å². The molecule has 102 valence electrons. The van der Waals surface area contributed by atoms with Crippen LogP contribution in [0.15, 0.2) is 18.2 Å².